The molecule has 0 unspecified atom stereocenters. The van der Waals surface area contributed by atoms with E-state index in [-0.39, 0.29) is 0 Å². The zero-order valence-corrected chi connectivity index (χ0v) is 5.83. The minimum Gasteiger partial charge on any atom is -0.391 e. The Bertz CT molecular complexity index is 257. The number of nitriles is 1. The van der Waals surface area contributed by atoms with Gasteiger partial charge in [0.1, 0.15) is 6.07 Å². The van der Waals surface area contributed by atoms with Crippen molar-refractivity contribution in [1.29, 1.82) is 5.26 Å². The Kier molecular flexibility index (Phi) is 1.41. The molecule has 1 heterocycles. The van der Waals surface area contributed by atoms with Crippen LogP contribution in [0.25, 0.3) is 0 Å². The number of nitrogen functional groups attached to an aromatic ring is 1. The lowest BCUT2D eigenvalue weighted by Gasteiger charge is -1.76. The minimum atomic E-state index is 0.692. The van der Waals surface area contributed by atoms with Crippen molar-refractivity contribution in [3.8, 4) is 6.07 Å². The molecule has 0 saturated carbocycles. The highest BCUT2D eigenvalue weighted by Gasteiger charge is 1.99. The summed E-state index contributed by atoms with van der Waals surface area (Å²) in [6.07, 6.45) is 0. The molecule has 3 heteroatoms. The molecule has 1 rings (SSSR count). The van der Waals surface area contributed by atoms with Crippen molar-refractivity contribution < 1.29 is 0 Å². The Hall–Kier alpha value is -1.01. The first-order valence-corrected chi connectivity index (χ1v) is 3.31. The van der Waals surface area contributed by atoms with Gasteiger partial charge in [-0.3, -0.25) is 0 Å². The number of rotatable bonds is 0. The highest BCUT2D eigenvalue weighted by molar-refractivity contribution is 7.16. The Morgan fingerprint density at radius 1 is 1.78 bits per heavy atom. The summed E-state index contributed by atoms with van der Waals surface area (Å²) >= 11 is 1.45. The quantitative estimate of drug-likeness (QED) is 0.590. The van der Waals surface area contributed by atoms with Crippen LogP contribution in [0.15, 0.2) is 6.07 Å². The normalized spacial score (nSPS) is 8.89. The molecule has 0 spiro atoms. The third-order valence-corrected chi connectivity index (χ3v) is 1.94. The Labute approximate surface area is 57.5 Å². The van der Waals surface area contributed by atoms with Gasteiger partial charge in [-0.25, -0.2) is 0 Å². The monoisotopic (exact) mass is 138 g/mol. The summed E-state index contributed by atoms with van der Waals surface area (Å²) < 4.78 is 0. The molecular formula is C6H6N2S. The van der Waals surface area contributed by atoms with Crippen LogP contribution >= 0.6 is 11.3 Å². The van der Waals surface area contributed by atoms with Gasteiger partial charge < -0.3 is 5.73 Å². The maximum atomic E-state index is 8.43. The SMILES string of the molecule is Cc1sc(N)cc1C#N. The first kappa shape index (κ1) is 6.12. The van der Waals surface area contributed by atoms with Crippen LogP contribution in [0.5, 0.6) is 0 Å². The Morgan fingerprint density at radius 2 is 2.44 bits per heavy atom. The largest absolute Gasteiger partial charge is 0.391 e. The van der Waals surface area contributed by atoms with E-state index < -0.39 is 0 Å². The lowest BCUT2D eigenvalue weighted by atomic mass is 10.3. The van der Waals surface area contributed by atoms with Gasteiger partial charge >= 0.3 is 0 Å². The van der Waals surface area contributed by atoms with Crippen molar-refractivity contribution in [2.24, 2.45) is 0 Å². The summed E-state index contributed by atoms with van der Waals surface area (Å²) in [4.78, 5) is 0.995. The average Bonchev–Trinajstić information content (AvgIpc) is 2.10. The Morgan fingerprint density at radius 3 is 2.67 bits per heavy atom. The van der Waals surface area contributed by atoms with Gasteiger partial charge in [-0.1, -0.05) is 0 Å². The van der Waals surface area contributed by atoms with E-state index in [0.29, 0.717) is 10.6 Å². The fourth-order valence-corrected chi connectivity index (χ4v) is 1.36. The van der Waals surface area contributed by atoms with E-state index in [0.717, 1.165) is 4.88 Å². The van der Waals surface area contributed by atoms with E-state index >= 15 is 0 Å². The lowest BCUT2D eigenvalue weighted by Crippen LogP contribution is -1.73. The maximum Gasteiger partial charge on any atom is 0.100 e. The predicted octanol–water partition coefficient (Wildman–Crippen LogP) is 1.51. The molecule has 0 fully saturated rings. The lowest BCUT2D eigenvalue weighted by molar-refractivity contribution is 1.47. The molecule has 0 aromatic carbocycles. The zero-order chi connectivity index (χ0) is 6.85. The van der Waals surface area contributed by atoms with Gasteiger partial charge in [-0.15, -0.1) is 11.3 Å². The van der Waals surface area contributed by atoms with Crippen LogP contribution in [0.1, 0.15) is 10.4 Å². The van der Waals surface area contributed by atoms with Gasteiger partial charge in [-0.2, -0.15) is 5.26 Å². The number of hydrogen-bond acceptors (Lipinski definition) is 3. The molecule has 1 aromatic rings. The molecule has 0 atom stereocenters. The highest BCUT2D eigenvalue weighted by Crippen LogP contribution is 2.21. The van der Waals surface area contributed by atoms with Crippen molar-refractivity contribution in [2.75, 3.05) is 5.73 Å². The fourth-order valence-electron chi connectivity index (χ4n) is 0.616. The van der Waals surface area contributed by atoms with Gasteiger partial charge in [0.15, 0.2) is 0 Å². The molecule has 0 radical (unpaired) electrons. The summed E-state index contributed by atoms with van der Waals surface area (Å²) in [5, 5.41) is 9.14. The number of nitrogens with two attached hydrogens (primary N) is 1. The standard InChI is InChI=1S/C6H6N2S/c1-4-5(3-7)2-6(8)9-4/h2H,8H2,1H3. The summed E-state index contributed by atoms with van der Waals surface area (Å²) in [5.74, 6) is 0. The van der Waals surface area contributed by atoms with Crippen LogP contribution < -0.4 is 5.73 Å². The van der Waals surface area contributed by atoms with E-state index in [1.807, 2.05) is 13.0 Å². The summed E-state index contributed by atoms with van der Waals surface area (Å²) in [5.41, 5.74) is 6.11. The van der Waals surface area contributed by atoms with Crippen molar-refractivity contribution >= 4 is 16.3 Å². The fraction of sp³-hybridized carbons (Fsp3) is 0.167. The Balaban J connectivity index is 3.20. The number of aryl methyl sites for hydroxylation is 1. The van der Waals surface area contributed by atoms with Gasteiger partial charge in [0.05, 0.1) is 10.6 Å². The number of thiophene rings is 1. The third kappa shape index (κ3) is 1.03. The number of anilines is 1. The second-order valence-electron chi connectivity index (χ2n) is 1.73. The third-order valence-electron chi connectivity index (χ3n) is 1.06. The molecule has 1 aromatic heterocycles. The molecule has 0 aliphatic rings. The topological polar surface area (TPSA) is 49.8 Å². The summed E-state index contributed by atoms with van der Waals surface area (Å²) in [6, 6.07) is 3.74. The molecular weight excluding hydrogens is 132 g/mol. The second-order valence-corrected chi connectivity index (χ2v) is 3.02. The van der Waals surface area contributed by atoms with E-state index in [9.17, 15) is 0 Å². The van der Waals surface area contributed by atoms with Crippen LogP contribution in [0.4, 0.5) is 5.00 Å². The second kappa shape index (κ2) is 2.08. The summed E-state index contributed by atoms with van der Waals surface area (Å²) in [6.45, 7) is 1.89. The van der Waals surface area contributed by atoms with Crippen molar-refractivity contribution in [3.63, 3.8) is 0 Å². The molecule has 0 bridgehead atoms. The average molecular weight is 138 g/mol. The van der Waals surface area contributed by atoms with E-state index in [2.05, 4.69) is 0 Å². The van der Waals surface area contributed by atoms with Crippen LogP contribution in [0, 0.1) is 18.3 Å². The molecule has 0 aliphatic heterocycles. The molecule has 0 saturated heterocycles. The van der Waals surface area contributed by atoms with Gasteiger partial charge in [-0.05, 0) is 13.0 Å². The van der Waals surface area contributed by atoms with Gasteiger partial charge in [0.2, 0.25) is 0 Å². The highest BCUT2D eigenvalue weighted by atomic mass is 32.1. The summed E-state index contributed by atoms with van der Waals surface area (Å²) in [7, 11) is 0. The van der Waals surface area contributed by atoms with Crippen LogP contribution in [0.2, 0.25) is 0 Å². The van der Waals surface area contributed by atoms with E-state index in [1.165, 1.54) is 11.3 Å². The first-order chi connectivity index (χ1) is 4.24. The van der Waals surface area contributed by atoms with Crippen molar-refractivity contribution in [3.05, 3.63) is 16.5 Å². The molecule has 2 nitrogen and oxygen atoms in total. The molecule has 0 aliphatic carbocycles. The number of nitrogens with zero attached hydrogens (tertiary/aromatic N) is 1. The molecule has 46 valence electrons. The van der Waals surface area contributed by atoms with Crippen molar-refractivity contribution in [2.45, 2.75) is 6.92 Å². The van der Waals surface area contributed by atoms with Gasteiger partial charge in [0.25, 0.3) is 0 Å². The maximum absolute atomic E-state index is 8.43. The smallest absolute Gasteiger partial charge is 0.100 e. The van der Waals surface area contributed by atoms with Crippen LogP contribution in [0.3, 0.4) is 0 Å². The molecule has 2 N–H and O–H groups in total. The van der Waals surface area contributed by atoms with Crippen LogP contribution in [-0.4, -0.2) is 0 Å². The number of hydrogen-bond donors (Lipinski definition) is 1. The predicted molar refractivity (Wildman–Crippen MR) is 38.2 cm³/mol. The first-order valence-electron chi connectivity index (χ1n) is 2.50. The van der Waals surface area contributed by atoms with E-state index in [4.69, 9.17) is 11.0 Å². The van der Waals surface area contributed by atoms with Crippen LogP contribution in [-0.2, 0) is 0 Å². The van der Waals surface area contributed by atoms with Gasteiger partial charge in [0, 0.05) is 4.88 Å². The molecule has 0 amide bonds. The zero-order valence-electron chi connectivity index (χ0n) is 5.01. The van der Waals surface area contributed by atoms with E-state index in [1.54, 1.807) is 6.07 Å². The molecule has 9 heavy (non-hydrogen) atoms. The minimum absolute atomic E-state index is 0.692. The van der Waals surface area contributed by atoms with Crippen molar-refractivity contribution in [1.82, 2.24) is 0 Å².